The molecule has 2 saturated heterocycles. The summed E-state index contributed by atoms with van der Waals surface area (Å²) in [5.74, 6) is 0.502. The van der Waals surface area contributed by atoms with Crippen molar-refractivity contribution in [3.63, 3.8) is 0 Å². The minimum absolute atomic E-state index is 0.0278. The Bertz CT molecular complexity index is 894. The lowest BCUT2D eigenvalue weighted by atomic mass is 9.97. The fourth-order valence-corrected chi connectivity index (χ4v) is 4.09. The summed E-state index contributed by atoms with van der Waals surface area (Å²) in [4.78, 5) is 37.9. The van der Waals surface area contributed by atoms with Crippen molar-refractivity contribution >= 4 is 17.6 Å². The Balaban J connectivity index is 1.41. The van der Waals surface area contributed by atoms with Crippen LogP contribution in [-0.2, 0) is 4.79 Å². The zero-order valence-electron chi connectivity index (χ0n) is 16.8. The molecule has 3 amide bonds. The van der Waals surface area contributed by atoms with Gasteiger partial charge in [-0.2, -0.15) is 0 Å². The fraction of sp³-hybridized carbons (Fsp3) is 0.455. The van der Waals surface area contributed by atoms with Crippen molar-refractivity contribution in [2.45, 2.75) is 32.6 Å². The molecule has 0 saturated carbocycles. The van der Waals surface area contributed by atoms with Crippen molar-refractivity contribution < 1.29 is 9.59 Å². The molecule has 1 atom stereocenters. The Kier molecular flexibility index (Phi) is 5.74. The minimum atomic E-state index is -0.180. The van der Waals surface area contributed by atoms with Crippen LogP contribution in [0.3, 0.4) is 0 Å². The van der Waals surface area contributed by atoms with Crippen molar-refractivity contribution in [2.24, 2.45) is 5.92 Å². The second-order valence-electron chi connectivity index (χ2n) is 7.82. The summed E-state index contributed by atoms with van der Waals surface area (Å²) in [5.41, 5.74) is 2.50. The van der Waals surface area contributed by atoms with E-state index in [1.165, 1.54) is 0 Å². The maximum Gasteiger partial charge on any atom is 0.320 e. The molecule has 3 heterocycles. The lowest BCUT2D eigenvalue weighted by Gasteiger charge is -2.34. The number of aryl methyl sites for hydroxylation is 1. The van der Waals surface area contributed by atoms with E-state index in [2.05, 4.69) is 15.3 Å². The Morgan fingerprint density at radius 3 is 2.66 bits per heavy atom. The second-order valence-corrected chi connectivity index (χ2v) is 7.82. The van der Waals surface area contributed by atoms with Crippen molar-refractivity contribution in [1.29, 1.82) is 0 Å². The van der Waals surface area contributed by atoms with Crippen LogP contribution in [0, 0.1) is 12.8 Å². The lowest BCUT2D eigenvalue weighted by molar-refractivity contribution is -0.121. The third-order valence-electron chi connectivity index (χ3n) is 5.64. The number of rotatable bonds is 3. The molecule has 2 aliphatic heterocycles. The van der Waals surface area contributed by atoms with Crippen LogP contribution in [0.2, 0.25) is 0 Å². The number of piperidine rings is 1. The molecule has 4 rings (SSSR count). The van der Waals surface area contributed by atoms with Gasteiger partial charge in [-0.05, 0) is 50.8 Å². The van der Waals surface area contributed by atoms with Gasteiger partial charge in [0.1, 0.15) is 5.82 Å². The van der Waals surface area contributed by atoms with Gasteiger partial charge >= 0.3 is 6.03 Å². The van der Waals surface area contributed by atoms with Crippen LogP contribution in [0.15, 0.2) is 36.5 Å². The summed E-state index contributed by atoms with van der Waals surface area (Å²) in [7, 11) is 0. The minimum Gasteiger partial charge on any atom is -0.326 e. The molecule has 1 N–H and O–H groups in total. The van der Waals surface area contributed by atoms with E-state index in [-0.39, 0.29) is 17.9 Å². The van der Waals surface area contributed by atoms with E-state index >= 15 is 0 Å². The summed E-state index contributed by atoms with van der Waals surface area (Å²) < 4.78 is 0. The molecule has 7 nitrogen and oxygen atoms in total. The molecule has 1 aromatic carbocycles. The first-order chi connectivity index (χ1) is 14.1. The molecule has 0 radical (unpaired) electrons. The standard InChI is InChI=1S/C22H27N5O2/c1-16-23-10-9-20(24-16)17-6-4-8-19(14-17)25-21(28)18-7-5-13-27(15-18)22(29)26-11-2-3-12-26/h4,6,8-10,14,18H,2-3,5,7,11-13,15H2,1H3,(H,25,28). The van der Waals surface area contributed by atoms with Crippen molar-refractivity contribution in [3.8, 4) is 11.3 Å². The SMILES string of the molecule is Cc1nccc(-c2cccc(NC(=O)C3CCCN(C(=O)N4CCCC4)C3)c2)n1. The second kappa shape index (κ2) is 8.59. The first-order valence-electron chi connectivity index (χ1n) is 10.3. The highest BCUT2D eigenvalue weighted by atomic mass is 16.2. The molecule has 0 aliphatic carbocycles. The maximum absolute atomic E-state index is 12.9. The summed E-state index contributed by atoms with van der Waals surface area (Å²) in [6, 6.07) is 9.62. The normalized spacial score (nSPS) is 19.3. The van der Waals surface area contributed by atoms with Crippen LogP contribution in [-0.4, -0.2) is 57.9 Å². The summed E-state index contributed by atoms with van der Waals surface area (Å²) in [5, 5.41) is 3.03. The molecular weight excluding hydrogens is 366 g/mol. The number of benzene rings is 1. The molecule has 7 heteroatoms. The highest BCUT2D eigenvalue weighted by molar-refractivity contribution is 5.93. The lowest BCUT2D eigenvalue weighted by Crippen LogP contribution is -2.48. The quantitative estimate of drug-likeness (QED) is 0.868. The zero-order valence-corrected chi connectivity index (χ0v) is 16.8. The fourth-order valence-electron chi connectivity index (χ4n) is 4.09. The number of aromatic nitrogens is 2. The highest BCUT2D eigenvalue weighted by Gasteiger charge is 2.31. The number of carbonyl (C=O) groups is 2. The number of hydrogen-bond donors (Lipinski definition) is 1. The van der Waals surface area contributed by atoms with Gasteiger partial charge in [0.2, 0.25) is 5.91 Å². The van der Waals surface area contributed by atoms with Crippen LogP contribution in [0.1, 0.15) is 31.5 Å². The highest BCUT2D eigenvalue weighted by Crippen LogP contribution is 2.24. The number of nitrogens with one attached hydrogen (secondary N) is 1. The van der Waals surface area contributed by atoms with E-state index < -0.39 is 0 Å². The monoisotopic (exact) mass is 393 g/mol. The van der Waals surface area contributed by atoms with Gasteiger partial charge in [0.05, 0.1) is 11.6 Å². The largest absolute Gasteiger partial charge is 0.326 e. The van der Waals surface area contributed by atoms with Gasteiger partial charge in [-0.25, -0.2) is 14.8 Å². The number of hydrogen-bond acceptors (Lipinski definition) is 4. The Morgan fingerprint density at radius 1 is 1.07 bits per heavy atom. The van der Waals surface area contributed by atoms with E-state index in [9.17, 15) is 9.59 Å². The van der Waals surface area contributed by atoms with Crippen molar-refractivity contribution in [3.05, 3.63) is 42.4 Å². The van der Waals surface area contributed by atoms with Crippen LogP contribution in [0.4, 0.5) is 10.5 Å². The van der Waals surface area contributed by atoms with Crippen LogP contribution >= 0.6 is 0 Å². The number of amides is 3. The molecule has 152 valence electrons. The molecule has 2 aromatic rings. The van der Waals surface area contributed by atoms with E-state index in [4.69, 9.17) is 0 Å². The summed E-state index contributed by atoms with van der Waals surface area (Å²) in [6.45, 7) is 4.75. The van der Waals surface area contributed by atoms with Gasteiger partial charge in [0, 0.05) is 43.6 Å². The summed E-state index contributed by atoms with van der Waals surface area (Å²) in [6.07, 6.45) is 5.55. The molecular formula is C22H27N5O2. The average Bonchev–Trinajstić information content (AvgIpc) is 3.28. The molecule has 29 heavy (non-hydrogen) atoms. The molecule has 1 unspecified atom stereocenters. The number of anilines is 1. The summed E-state index contributed by atoms with van der Waals surface area (Å²) >= 11 is 0. The van der Waals surface area contributed by atoms with Gasteiger partial charge in [-0.3, -0.25) is 4.79 Å². The number of nitrogens with zero attached hydrogens (tertiary/aromatic N) is 4. The third-order valence-corrected chi connectivity index (χ3v) is 5.64. The zero-order chi connectivity index (χ0) is 20.2. The Hall–Kier alpha value is -2.96. The van der Waals surface area contributed by atoms with E-state index in [0.717, 1.165) is 62.3 Å². The van der Waals surface area contributed by atoms with Crippen molar-refractivity contribution in [1.82, 2.24) is 19.8 Å². The molecule has 0 spiro atoms. The van der Waals surface area contributed by atoms with E-state index in [1.54, 1.807) is 6.20 Å². The molecule has 1 aromatic heterocycles. The maximum atomic E-state index is 12.9. The van der Waals surface area contributed by atoms with Gasteiger partial charge in [-0.1, -0.05) is 12.1 Å². The topological polar surface area (TPSA) is 78.4 Å². The first-order valence-corrected chi connectivity index (χ1v) is 10.3. The van der Waals surface area contributed by atoms with E-state index in [1.807, 2.05) is 47.1 Å². The van der Waals surface area contributed by atoms with Gasteiger partial charge in [0.15, 0.2) is 0 Å². The first kappa shape index (κ1) is 19.4. The van der Waals surface area contributed by atoms with Gasteiger partial charge in [-0.15, -0.1) is 0 Å². The van der Waals surface area contributed by atoms with Crippen LogP contribution in [0.5, 0.6) is 0 Å². The van der Waals surface area contributed by atoms with Crippen molar-refractivity contribution in [2.75, 3.05) is 31.5 Å². The molecule has 2 fully saturated rings. The third kappa shape index (κ3) is 4.55. The van der Waals surface area contributed by atoms with Gasteiger partial charge < -0.3 is 15.1 Å². The van der Waals surface area contributed by atoms with Gasteiger partial charge in [0.25, 0.3) is 0 Å². The van der Waals surface area contributed by atoms with E-state index in [0.29, 0.717) is 12.4 Å². The predicted molar refractivity (Wildman–Crippen MR) is 111 cm³/mol. The Labute approximate surface area is 171 Å². The number of carbonyl (C=O) groups excluding carboxylic acids is 2. The average molecular weight is 393 g/mol. The Morgan fingerprint density at radius 2 is 1.86 bits per heavy atom. The molecule has 2 aliphatic rings. The molecule has 0 bridgehead atoms. The smallest absolute Gasteiger partial charge is 0.320 e. The predicted octanol–water partition coefficient (Wildman–Crippen LogP) is 3.32. The number of urea groups is 1. The number of likely N-dealkylation sites (tertiary alicyclic amines) is 2. The van der Waals surface area contributed by atoms with Crippen LogP contribution < -0.4 is 5.32 Å². The van der Waals surface area contributed by atoms with Crippen LogP contribution in [0.25, 0.3) is 11.3 Å².